The van der Waals surface area contributed by atoms with E-state index in [1.807, 2.05) is 26.8 Å². The third kappa shape index (κ3) is 5.31. The average Bonchev–Trinajstić information content (AvgIpc) is 2.26. The van der Waals surface area contributed by atoms with Crippen molar-refractivity contribution in [3.63, 3.8) is 0 Å². The molecule has 0 atom stereocenters. The number of carbonyl (C=O) groups excluding carboxylic acids is 1. The van der Waals surface area contributed by atoms with Crippen molar-refractivity contribution in [2.75, 3.05) is 5.32 Å². The fourth-order valence-electron chi connectivity index (χ4n) is 1.26. The van der Waals surface area contributed by atoms with E-state index in [0.29, 0.717) is 5.69 Å². The molecule has 1 aromatic rings. The molecule has 0 spiro atoms. The Morgan fingerprint density at radius 2 is 2.12 bits per heavy atom. The fraction of sp³-hybridized carbons (Fsp3) is 0.357. The van der Waals surface area contributed by atoms with Crippen LogP contribution in [0.4, 0.5) is 5.69 Å². The summed E-state index contributed by atoms with van der Waals surface area (Å²) in [7, 11) is 0. The lowest BCUT2D eigenvalue weighted by Crippen LogP contribution is -2.10. The predicted molar refractivity (Wildman–Crippen MR) is 69.6 cm³/mol. The fourth-order valence-corrected chi connectivity index (χ4v) is 1.26. The zero-order valence-corrected chi connectivity index (χ0v) is 10.5. The smallest absolute Gasteiger partial charge is 0.248 e. The minimum atomic E-state index is -0.157. The molecule has 1 aromatic carbocycles. The van der Waals surface area contributed by atoms with E-state index in [-0.39, 0.29) is 17.9 Å². The highest BCUT2D eigenvalue weighted by atomic mass is 16.3. The zero-order chi connectivity index (χ0) is 12.9. The lowest BCUT2D eigenvalue weighted by molar-refractivity contribution is -0.112. The third-order valence-corrected chi connectivity index (χ3v) is 2.11. The SMILES string of the molecule is CC(C)(C)/C=C/C(=O)Nc1cccc(CO)c1. The molecular weight excluding hydrogens is 214 g/mol. The largest absolute Gasteiger partial charge is 0.392 e. The molecule has 0 aliphatic heterocycles. The molecule has 0 saturated heterocycles. The van der Waals surface area contributed by atoms with Crippen molar-refractivity contribution in [2.24, 2.45) is 5.41 Å². The number of amides is 1. The number of aliphatic hydroxyl groups excluding tert-OH is 1. The van der Waals surface area contributed by atoms with Crippen LogP contribution in [0.15, 0.2) is 36.4 Å². The molecule has 0 heterocycles. The lowest BCUT2D eigenvalue weighted by atomic mass is 9.96. The second-order valence-electron chi connectivity index (χ2n) is 5.05. The van der Waals surface area contributed by atoms with Crippen LogP contribution in [0.5, 0.6) is 0 Å². The molecule has 0 aromatic heterocycles. The normalized spacial score (nSPS) is 11.8. The maximum atomic E-state index is 11.6. The molecular formula is C14H19NO2. The van der Waals surface area contributed by atoms with Crippen molar-refractivity contribution in [3.05, 3.63) is 42.0 Å². The molecule has 3 heteroatoms. The lowest BCUT2D eigenvalue weighted by Gasteiger charge is -2.11. The molecule has 0 aliphatic rings. The Hall–Kier alpha value is -1.61. The molecule has 0 saturated carbocycles. The van der Waals surface area contributed by atoms with E-state index in [9.17, 15) is 4.79 Å². The molecule has 17 heavy (non-hydrogen) atoms. The van der Waals surface area contributed by atoms with E-state index < -0.39 is 0 Å². The Morgan fingerprint density at radius 3 is 2.71 bits per heavy atom. The number of carbonyl (C=O) groups is 1. The first-order valence-corrected chi connectivity index (χ1v) is 5.61. The van der Waals surface area contributed by atoms with Crippen LogP contribution in [0.1, 0.15) is 26.3 Å². The second-order valence-corrected chi connectivity index (χ2v) is 5.05. The first-order chi connectivity index (χ1) is 7.90. The Bertz CT molecular complexity index is 416. The van der Waals surface area contributed by atoms with Crippen LogP contribution in [0.2, 0.25) is 0 Å². The number of hydrogen-bond acceptors (Lipinski definition) is 2. The van der Waals surface area contributed by atoms with Crippen LogP contribution >= 0.6 is 0 Å². The summed E-state index contributed by atoms with van der Waals surface area (Å²) in [4.78, 5) is 11.6. The molecule has 2 N–H and O–H groups in total. The Balaban J connectivity index is 2.65. The van der Waals surface area contributed by atoms with Gasteiger partial charge in [-0.25, -0.2) is 0 Å². The van der Waals surface area contributed by atoms with E-state index in [4.69, 9.17) is 5.11 Å². The second kappa shape index (κ2) is 5.64. The minimum absolute atomic E-state index is 0.00964. The summed E-state index contributed by atoms with van der Waals surface area (Å²) in [5.41, 5.74) is 1.47. The van der Waals surface area contributed by atoms with Crippen molar-refractivity contribution in [1.82, 2.24) is 0 Å². The summed E-state index contributed by atoms with van der Waals surface area (Å²) in [6.07, 6.45) is 3.39. The topological polar surface area (TPSA) is 49.3 Å². The number of hydrogen-bond donors (Lipinski definition) is 2. The van der Waals surface area contributed by atoms with Gasteiger partial charge in [-0.05, 0) is 29.2 Å². The van der Waals surface area contributed by atoms with Gasteiger partial charge in [-0.2, -0.15) is 0 Å². The number of benzene rings is 1. The van der Waals surface area contributed by atoms with Gasteiger partial charge >= 0.3 is 0 Å². The van der Waals surface area contributed by atoms with Crippen molar-refractivity contribution < 1.29 is 9.90 Å². The number of allylic oxidation sites excluding steroid dienone is 1. The molecule has 0 bridgehead atoms. The maximum absolute atomic E-state index is 11.6. The third-order valence-electron chi connectivity index (χ3n) is 2.11. The van der Waals surface area contributed by atoms with Crippen molar-refractivity contribution in [3.8, 4) is 0 Å². The van der Waals surface area contributed by atoms with Gasteiger partial charge in [0.25, 0.3) is 0 Å². The molecule has 1 rings (SSSR count). The Kier molecular flexibility index (Phi) is 4.46. The molecule has 92 valence electrons. The Morgan fingerprint density at radius 1 is 1.41 bits per heavy atom. The first-order valence-electron chi connectivity index (χ1n) is 5.61. The quantitative estimate of drug-likeness (QED) is 0.789. The maximum Gasteiger partial charge on any atom is 0.248 e. The van der Waals surface area contributed by atoms with Crippen LogP contribution in [-0.4, -0.2) is 11.0 Å². The highest BCUT2D eigenvalue weighted by molar-refractivity contribution is 5.99. The van der Waals surface area contributed by atoms with E-state index in [1.54, 1.807) is 24.3 Å². The number of aliphatic hydroxyl groups is 1. The molecule has 3 nitrogen and oxygen atoms in total. The summed E-state index contributed by atoms with van der Waals surface area (Å²) in [6.45, 7) is 6.07. The van der Waals surface area contributed by atoms with E-state index in [1.165, 1.54) is 6.08 Å². The summed E-state index contributed by atoms with van der Waals surface area (Å²) < 4.78 is 0. The van der Waals surface area contributed by atoms with Gasteiger partial charge in [-0.3, -0.25) is 4.79 Å². The summed E-state index contributed by atoms with van der Waals surface area (Å²) in [5.74, 6) is -0.157. The van der Waals surface area contributed by atoms with Crippen LogP contribution in [0, 0.1) is 5.41 Å². The number of rotatable bonds is 3. The molecule has 0 fully saturated rings. The van der Waals surface area contributed by atoms with Crippen LogP contribution in [0.3, 0.4) is 0 Å². The van der Waals surface area contributed by atoms with Crippen LogP contribution < -0.4 is 5.32 Å². The minimum Gasteiger partial charge on any atom is -0.392 e. The van der Waals surface area contributed by atoms with Gasteiger partial charge in [-0.1, -0.05) is 39.0 Å². The van der Waals surface area contributed by atoms with E-state index in [2.05, 4.69) is 5.32 Å². The number of nitrogens with one attached hydrogen (secondary N) is 1. The van der Waals surface area contributed by atoms with Gasteiger partial charge in [0, 0.05) is 5.69 Å². The predicted octanol–water partition coefficient (Wildman–Crippen LogP) is 2.72. The molecule has 0 aliphatic carbocycles. The highest BCUT2D eigenvalue weighted by Crippen LogP contribution is 2.15. The summed E-state index contributed by atoms with van der Waals surface area (Å²) >= 11 is 0. The van der Waals surface area contributed by atoms with Gasteiger partial charge in [0.2, 0.25) is 5.91 Å². The first kappa shape index (κ1) is 13.5. The molecule has 1 amide bonds. The van der Waals surface area contributed by atoms with Crippen molar-refractivity contribution in [1.29, 1.82) is 0 Å². The van der Waals surface area contributed by atoms with E-state index >= 15 is 0 Å². The van der Waals surface area contributed by atoms with Gasteiger partial charge in [0.1, 0.15) is 0 Å². The number of anilines is 1. The Labute approximate surface area is 102 Å². The van der Waals surface area contributed by atoms with E-state index in [0.717, 1.165) is 5.56 Å². The molecule has 0 radical (unpaired) electrons. The zero-order valence-electron chi connectivity index (χ0n) is 10.5. The van der Waals surface area contributed by atoms with Gasteiger partial charge in [0.05, 0.1) is 6.61 Å². The monoisotopic (exact) mass is 233 g/mol. The standard InChI is InChI=1S/C14H19NO2/c1-14(2,3)8-7-13(17)15-12-6-4-5-11(9-12)10-16/h4-9,16H,10H2,1-3H3,(H,15,17)/b8-7+. The molecule has 0 unspecified atom stereocenters. The van der Waals surface area contributed by atoms with Gasteiger partial charge in [-0.15, -0.1) is 0 Å². The van der Waals surface area contributed by atoms with Crippen LogP contribution in [-0.2, 0) is 11.4 Å². The van der Waals surface area contributed by atoms with Crippen molar-refractivity contribution in [2.45, 2.75) is 27.4 Å². The average molecular weight is 233 g/mol. The summed E-state index contributed by atoms with van der Waals surface area (Å²) in [6, 6.07) is 7.15. The van der Waals surface area contributed by atoms with Crippen molar-refractivity contribution >= 4 is 11.6 Å². The van der Waals surface area contributed by atoms with Gasteiger partial charge < -0.3 is 10.4 Å². The highest BCUT2D eigenvalue weighted by Gasteiger charge is 2.05. The van der Waals surface area contributed by atoms with Crippen LogP contribution in [0.25, 0.3) is 0 Å². The van der Waals surface area contributed by atoms with Gasteiger partial charge in [0.15, 0.2) is 0 Å². The summed E-state index contributed by atoms with van der Waals surface area (Å²) in [5, 5.41) is 11.7.